The third-order valence-corrected chi connectivity index (χ3v) is 7.18. The van der Waals surface area contributed by atoms with E-state index in [4.69, 9.17) is 20.4 Å². The minimum absolute atomic E-state index is 0.136. The number of ether oxygens (including phenoxy) is 1. The molecule has 5 heterocycles. The molecule has 1 aromatic carbocycles. The summed E-state index contributed by atoms with van der Waals surface area (Å²) in [5, 5.41) is 15.1. The average Bonchev–Trinajstić information content (AvgIpc) is 3.76. The molecule has 1 atom stereocenters. The van der Waals surface area contributed by atoms with Crippen LogP contribution in [-0.4, -0.2) is 52.5 Å². The fourth-order valence-electron chi connectivity index (χ4n) is 5.22. The summed E-state index contributed by atoms with van der Waals surface area (Å²) in [6.45, 7) is 0. The molecule has 1 aliphatic rings. The summed E-state index contributed by atoms with van der Waals surface area (Å²) in [5.74, 6) is 1.74. The second kappa shape index (κ2) is 9.83. The summed E-state index contributed by atoms with van der Waals surface area (Å²) in [4.78, 5) is 27.1. The van der Waals surface area contributed by atoms with Gasteiger partial charge in [-0.1, -0.05) is 6.07 Å². The first kappa shape index (κ1) is 24.4. The Balaban J connectivity index is 1.29. The van der Waals surface area contributed by atoms with Gasteiger partial charge in [0, 0.05) is 30.3 Å². The van der Waals surface area contributed by atoms with Crippen molar-refractivity contribution in [2.75, 3.05) is 12.8 Å². The molecule has 41 heavy (non-hydrogen) atoms. The van der Waals surface area contributed by atoms with Gasteiger partial charge >= 0.3 is 0 Å². The molecule has 0 aliphatic heterocycles. The number of nitrogens with two attached hydrogens (primary N) is 1. The molecular formula is C29H24N10O2. The third kappa shape index (κ3) is 4.31. The van der Waals surface area contributed by atoms with Crippen molar-refractivity contribution in [2.45, 2.75) is 18.9 Å². The zero-order valence-corrected chi connectivity index (χ0v) is 22.0. The number of aryl methyl sites for hydroxylation is 1. The molecule has 3 N–H and O–H groups in total. The largest absolute Gasteiger partial charge is 0.480 e. The maximum Gasteiger partial charge on any atom is 0.253 e. The number of rotatable bonds is 6. The fraction of sp³-hybridized carbons (Fsp3) is 0.138. The van der Waals surface area contributed by atoms with Crippen molar-refractivity contribution in [2.24, 2.45) is 0 Å². The van der Waals surface area contributed by atoms with Gasteiger partial charge in [-0.05, 0) is 66.4 Å². The molecule has 0 radical (unpaired) electrons. The molecule has 0 fully saturated rings. The quantitative estimate of drug-likeness (QED) is 0.321. The van der Waals surface area contributed by atoms with Crippen molar-refractivity contribution in [1.82, 2.24) is 44.8 Å². The van der Waals surface area contributed by atoms with Gasteiger partial charge in [0.15, 0.2) is 17.3 Å². The number of amides is 1. The van der Waals surface area contributed by atoms with Crippen molar-refractivity contribution in [3.8, 4) is 28.8 Å². The molecule has 0 unspecified atom stereocenters. The van der Waals surface area contributed by atoms with Crippen molar-refractivity contribution in [3.05, 3.63) is 96.1 Å². The van der Waals surface area contributed by atoms with Gasteiger partial charge in [-0.25, -0.2) is 19.6 Å². The predicted molar refractivity (Wildman–Crippen MR) is 151 cm³/mol. The van der Waals surface area contributed by atoms with E-state index >= 15 is 0 Å². The van der Waals surface area contributed by atoms with Crippen LogP contribution in [0, 0.1) is 0 Å². The van der Waals surface area contributed by atoms with E-state index in [2.05, 4.69) is 31.7 Å². The summed E-state index contributed by atoms with van der Waals surface area (Å²) in [6.07, 6.45) is 8.21. The Morgan fingerprint density at radius 3 is 2.85 bits per heavy atom. The number of hydrogen-bond acceptors (Lipinski definition) is 9. The third-order valence-electron chi connectivity index (χ3n) is 7.18. The Hall–Kier alpha value is -5.65. The number of hydrogen-bond donors (Lipinski definition) is 2. The lowest BCUT2D eigenvalue weighted by Crippen LogP contribution is -2.27. The monoisotopic (exact) mass is 544 g/mol. The van der Waals surface area contributed by atoms with Gasteiger partial charge in [0.25, 0.3) is 5.91 Å². The van der Waals surface area contributed by atoms with Crippen LogP contribution in [0.15, 0.2) is 79.4 Å². The lowest BCUT2D eigenvalue weighted by Gasteiger charge is -2.16. The van der Waals surface area contributed by atoms with Gasteiger partial charge in [0.05, 0.1) is 30.5 Å². The first-order chi connectivity index (χ1) is 20.1. The minimum Gasteiger partial charge on any atom is -0.480 e. The number of benzene rings is 1. The number of aromatic nitrogens is 8. The first-order valence-corrected chi connectivity index (χ1v) is 13.0. The SMILES string of the molecule is COc1cc(C(=O)N[C@H]2CCc3cc(-n4c(-c5cccnc5N)nc5ccc(-n6cccn6)nc54)ccc32)cnn1. The summed E-state index contributed by atoms with van der Waals surface area (Å²) >= 11 is 0. The normalized spacial score (nSPS) is 14.2. The summed E-state index contributed by atoms with van der Waals surface area (Å²) in [7, 11) is 1.49. The number of imidazole rings is 1. The van der Waals surface area contributed by atoms with Gasteiger partial charge in [-0.3, -0.25) is 9.36 Å². The Labute approximate surface area is 233 Å². The van der Waals surface area contributed by atoms with Gasteiger partial charge in [-0.2, -0.15) is 10.2 Å². The van der Waals surface area contributed by atoms with Gasteiger partial charge in [-0.15, -0.1) is 5.10 Å². The molecule has 12 nitrogen and oxygen atoms in total. The molecule has 5 aromatic heterocycles. The number of methoxy groups -OCH3 is 1. The first-order valence-electron chi connectivity index (χ1n) is 13.0. The van der Waals surface area contributed by atoms with Crippen molar-refractivity contribution < 1.29 is 9.53 Å². The molecule has 1 amide bonds. The fourth-order valence-corrected chi connectivity index (χ4v) is 5.22. The lowest BCUT2D eigenvalue weighted by atomic mass is 10.1. The molecule has 0 saturated heterocycles. The van der Waals surface area contributed by atoms with Crippen LogP contribution >= 0.6 is 0 Å². The molecule has 0 spiro atoms. The van der Waals surface area contributed by atoms with E-state index in [-0.39, 0.29) is 17.8 Å². The second-order valence-corrected chi connectivity index (χ2v) is 9.60. The molecule has 12 heteroatoms. The van der Waals surface area contributed by atoms with E-state index in [1.54, 1.807) is 23.1 Å². The van der Waals surface area contributed by atoms with Crippen LogP contribution in [0.5, 0.6) is 5.88 Å². The highest BCUT2D eigenvalue weighted by Gasteiger charge is 2.26. The average molecular weight is 545 g/mol. The van der Waals surface area contributed by atoms with Gasteiger partial charge < -0.3 is 15.8 Å². The zero-order valence-electron chi connectivity index (χ0n) is 22.0. The lowest BCUT2D eigenvalue weighted by molar-refractivity contribution is 0.0935. The standard InChI is InChI=1S/C29H24N10O2/c1-41-25-15-18(16-32-37-25)29(40)35-22-8-5-17-14-19(6-7-20(17)22)39-27(21-4-2-11-31-26(21)30)34-23-9-10-24(36-28(23)39)38-13-3-12-33-38/h2-4,6-7,9-16,22H,5,8H2,1H3,(H2,30,31)(H,35,40)/t22-/m0/s1. The van der Waals surface area contributed by atoms with E-state index in [1.165, 1.54) is 13.3 Å². The summed E-state index contributed by atoms with van der Waals surface area (Å²) < 4.78 is 8.81. The van der Waals surface area contributed by atoms with Crippen LogP contribution in [0.25, 0.3) is 34.1 Å². The van der Waals surface area contributed by atoms with Crippen LogP contribution < -0.4 is 15.8 Å². The van der Waals surface area contributed by atoms with E-state index in [0.717, 1.165) is 29.7 Å². The number of nitrogens with zero attached hydrogens (tertiary/aromatic N) is 8. The second-order valence-electron chi connectivity index (χ2n) is 9.60. The smallest absolute Gasteiger partial charge is 0.253 e. The van der Waals surface area contributed by atoms with E-state index in [0.29, 0.717) is 39.8 Å². The number of pyridine rings is 2. The molecule has 6 aromatic rings. The maximum absolute atomic E-state index is 13.0. The number of anilines is 1. The van der Waals surface area contributed by atoms with Crippen LogP contribution in [-0.2, 0) is 6.42 Å². The molecule has 202 valence electrons. The van der Waals surface area contributed by atoms with E-state index in [9.17, 15) is 4.79 Å². The van der Waals surface area contributed by atoms with E-state index < -0.39 is 0 Å². The van der Waals surface area contributed by atoms with Crippen molar-refractivity contribution in [1.29, 1.82) is 0 Å². The molecule has 7 rings (SSSR count). The highest BCUT2D eigenvalue weighted by Crippen LogP contribution is 2.36. The number of fused-ring (bicyclic) bond motifs is 2. The van der Waals surface area contributed by atoms with Crippen LogP contribution in [0.4, 0.5) is 5.82 Å². The van der Waals surface area contributed by atoms with Crippen LogP contribution in [0.3, 0.4) is 0 Å². The summed E-state index contributed by atoms with van der Waals surface area (Å²) in [5.41, 5.74) is 11.8. The summed E-state index contributed by atoms with van der Waals surface area (Å²) in [6, 6.07) is 17.0. The molecule has 0 bridgehead atoms. The van der Waals surface area contributed by atoms with Crippen LogP contribution in [0.1, 0.15) is 33.9 Å². The molecule has 1 aliphatic carbocycles. The number of carbonyl (C=O) groups is 1. The Morgan fingerprint density at radius 1 is 1.10 bits per heavy atom. The Morgan fingerprint density at radius 2 is 2.02 bits per heavy atom. The number of nitrogen functional groups attached to an aromatic ring is 1. The van der Waals surface area contributed by atoms with E-state index in [1.807, 2.05) is 53.2 Å². The van der Waals surface area contributed by atoms with Gasteiger partial charge in [0.2, 0.25) is 5.88 Å². The minimum atomic E-state index is -0.231. The van der Waals surface area contributed by atoms with Crippen LogP contribution in [0.2, 0.25) is 0 Å². The number of nitrogens with one attached hydrogen (secondary N) is 1. The number of carbonyl (C=O) groups excluding carboxylic acids is 1. The zero-order chi connectivity index (χ0) is 27.9. The predicted octanol–water partition coefficient (Wildman–Crippen LogP) is 3.47. The van der Waals surface area contributed by atoms with Gasteiger partial charge in [0.1, 0.15) is 11.3 Å². The Kier molecular flexibility index (Phi) is 5.85. The highest BCUT2D eigenvalue weighted by molar-refractivity contribution is 5.94. The van der Waals surface area contributed by atoms with Crippen molar-refractivity contribution in [3.63, 3.8) is 0 Å². The van der Waals surface area contributed by atoms with Crippen molar-refractivity contribution >= 4 is 22.9 Å². The topological polar surface area (TPSA) is 152 Å². The Bertz CT molecular complexity index is 1910. The maximum atomic E-state index is 13.0. The molecular weight excluding hydrogens is 520 g/mol. The molecule has 0 saturated carbocycles. The highest BCUT2D eigenvalue weighted by atomic mass is 16.5.